The summed E-state index contributed by atoms with van der Waals surface area (Å²) in [6.07, 6.45) is 73.3. The maximum Gasteiger partial charge on any atom is 0.220 e. The second-order valence-corrected chi connectivity index (χ2v) is 26.7. The molecule has 2 heterocycles. The molecule has 14 nitrogen and oxygen atoms in total. The maximum atomic E-state index is 13.4. The molecule has 0 aromatic rings. The van der Waals surface area contributed by atoms with Gasteiger partial charge in [-0.3, -0.25) is 4.79 Å². The Hall–Kier alpha value is -3.09. The van der Waals surface area contributed by atoms with Gasteiger partial charge in [0.25, 0.3) is 0 Å². The first kappa shape index (κ1) is 87.0. The Balaban J connectivity index is 1.66. The fourth-order valence-corrected chi connectivity index (χ4v) is 12.2. The van der Waals surface area contributed by atoms with Crippen LogP contribution in [0.4, 0.5) is 0 Å². The number of aliphatic hydroxyl groups is 8. The Morgan fingerprint density at radius 1 is 0.394 bits per heavy atom. The standard InChI is InChI=1S/C80H141NO13/c1-3-5-7-9-11-13-15-17-19-21-23-25-27-29-31-33-34-36-37-39-41-43-45-47-49-51-53-55-57-59-61-63-69(84)68(67-91-79-77(90)75(88)78(71(66-83)93-79)94-80-76(89)74(87)73(86)70(65-82)92-80)81-72(85)64-62-60-58-56-54-52-50-48-46-44-42-40-38-35-32-30-28-26-24-22-20-18-16-14-12-10-8-6-4-2/h6,8,12,14,18,20,24,26,30,32,38,40,53,55,61,63,68-71,73-80,82-84,86-90H,3-5,7,9-11,13,15-17,19,21-23,25,27-29,31,33-37,39,41-52,54,56-60,62,64-67H2,1-2H3,(H,81,85)/b8-6-,14-12-,20-18-,26-24-,32-30-,40-38-,55-53+,63-61+. The van der Waals surface area contributed by atoms with E-state index in [1.165, 1.54) is 199 Å². The predicted octanol–water partition coefficient (Wildman–Crippen LogP) is 16.9. The summed E-state index contributed by atoms with van der Waals surface area (Å²) in [7, 11) is 0. The van der Waals surface area contributed by atoms with Gasteiger partial charge >= 0.3 is 0 Å². The van der Waals surface area contributed by atoms with E-state index < -0.39 is 86.8 Å². The van der Waals surface area contributed by atoms with E-state index in [1.807, 2.05) is 6.08 Å². The first-order valence-electron chi connectivity index (χ1n) is 38.5. The van der Waals surface area contributed by atoms with Gasteiger partial charge < -0.3 is 65.1 Å². The number of carbonyl (C=O) groups excluding carboxylic acids is 1. The maximum absolute atomic E-state index is 13.4. The van der Waals surface area contributed by atoms with Crippen LogP contribution >= 0.6 is 0 Å². The zero-order valence-electron chi connectivity index (χ0n) is 59.4. The summed E-state index contributed by atoms with van der Waals surface area (Å²) in [5.74, 6) is -0.254. The minimum Gasteiger partial charge on any atom is -0.394 e. The number of hydrogen-bond acceptors (Lipinski definition) is 13. The van der Waals surface area contributed by atoms with Crippen LogP contribution < -0.4 is 5.32 Å². The smallest absolute Gasteiger partial charge is 0.220 e. The topological polar surface area (TPSA) is 228 Å². The largest absolute Gasteiger partial charge is 0.394 e. The van der Waals surface area contributed by atoms with Gasteiger partial charge in [-0.05, 0) is 83.5 Å². The van der Waals surface area contributed by atoms with E-state index >= 15 is 0 Å². The van der Waals surface area contributed by atoms with Crippen molar-refractivity contribution in [2.75, 3.05) is 19.8 Å². The summed E-state index contributed by atoms with van der Waals surface area (Å²) >= 11 is 0. The highest BCUT2D eigenvalue weighted by Crippen LogP contribution is 2.30. The van der Waals surface area contributed by atoms with Crippen LogP contribution in [-0.2, 0) is 23.7 Å². The lowest BCUT2D eigenvalue weighted by Gasteiger charge is -2.46. The quantitative estimate of drug-likeness (QED) is 0.0204. The normalized spacial score (nSPS) is 23.0. The van der Waals surface area contributed by atoms with Gasteiger partial charge in [0.05, 0.1) is 32.0 Å². The van der Waals surface area contributed by atoms with Gasteiger partial charge in [-0.2, -0.15) is 0 Å². The molecule has 9 N–H and O–H groups in total. The van der Waals surface area contributed by atoms with Gasteiger partial charge in [-0.1, -0.05) is 317 Å². The Kier molecular flexibility index (Phi) is 58.6. The van der Waals surface area contributed by atoms with Gasteiger partial charge in [0, 0.05) is 6.42 Å². The molecule has 0 aromatic heterocycles. The lowest BCUT2D eigenvalue weighted by atomic mass is 9.97. The number of allylic oxidation sites excluding steroid dienone is 15. The van der Waals surface area contributed by atoms with E-state index in [4.69, 9.17) is 18.9 Å². The monoisotopic (exact) mass is 1320 g/mol. The average Bonchev–Trinajstić information content (AvgIpc) is 0.794. The number of amides is 1. The Bertz CT molecular complexity index is 1950. The molecule has 0 radical (unpaired) electrons. The van der Waals surface area contributed by atoms with Gasteiger partial charge in [0.15, 0.2) is 12.6 Å². The van der Waals surface area contributed by atoms with Crippen molar-refractivity contribution in [2.24, 2.45) is 0 Å². The van der Waals surface area contributed by atoms with Crippen LogP contribution in [0.3, 0.4) is 0 Å². The molecule has 544 valence electrons. The van der Waals surface area contributed by atoms with Crippen molar-refractivity contribution < 1.29 is 64.6 Å². The lowest BCUT2D eigenvalue weighted by Crippen LogP contribution is -2.65. The molecule has 0 bridgehead atoms. The number of aliphatic hydroxyl groups excluding tert-OH is 8. The molecule has 12 unspecified atom stereocenters. The van der Waals surface area contributed by atoms with Gasteiger partial charge in [-0.15, -0.1) is 0 Å². The third-order valence-electron chi connectivity index (χ3n) is 18.3. The number of rotatable bonds is 63. The number of nitrogens with one attached hydrogen (secondary N) is 1. The van der Waals surface area contributed by atoms with E-state index in [9.17, 15) is 45.6 Å². The van der Waals surface area contributed by atoms with Crippen LogP contribution in [0.1, 0.15) is 309 Å². The third-order valence-corrected chi connectivity index (χ3v) is 18.3. The minimum atomic E-state index is -1.80. The fourth-order valence-electron chi connectivity index (χ4n) is 12.2. The van der Waals surface area contributed by atoms with Crippen molar-refractivity contribution in [3.63, 3.8) is 0 Å². The first-order chi connectivity index (χ1) is 46.1. The molecular formula is C80H141NO13. The molecule has 14 heteroatoms. The molecule has 0 saturated carbocycles. The van der Waals surface area contributed by atoms with Gasteiger partial charge in [-0.25, -0.2) is 0 Å². The molecule has 0 spiro atoms. The van der Waals surface area contributed by atoms with Gasteiger partial charge in [0.1, 0.15) is 48.8 Å². The molecule has 2 fully saturated rings. The van der Waals surface area contributed by atoms with Crippen molar-refractivity contribution in [1.82, 2.24) is 5.32 Å². The summed E-state index contributed by atoms with van der Waals surface area (Å²) in [6, 6.07) is -0.943. The first-order valence-corrected chi connectivity index (χ1v) is 38.5. The molecule has 94 heavy (non-hydrogen) atoms. The van der Waals surface area contributed by atoms with Crippen LogP contribution in [0.25, 0.3) is 0 Å². The van der Waals surface area contributed by atoms with Crippen LogP contribution in [0.2, 0.25) is 0 Å². The Morgan fingerprint density at radius 2 is 0.745 bits per heavy atom. The van der Waals surface area contributed by atoms with Crippen molar-refractivity contribution in [1.29, 1.82) is 0 Å². The second kappa shape index (κ2) is 63.4. The molecule has 2 aliphatic heterocycles. The second-order valence-electron chi connectivity index (χ2n) is 26.7. The lowest BCUT2D eigenvalue weighted by molar-refractivity contribution is -0.359. The molecule has 2 rings (SSSR count). The fraction of sp³-hybridized carbons (Fsp3) is 0.787. The van der Waals surface area contributed by atoms with E-state index in [-0.39, 0.29) is 18.9 Å². The van der Waals surface area contributed by atoms with Gasteiger partial charge in [0.2, 0.25) is 5.91 Å². The zero-order valence-corrected chi connectivity index (χ0v) is 59.4. The van der Waals surface area contributed by atoms with Crippen LogP contribution in [0.15, 0.2) is 97.2 Å². The van der Waals surface area contributed by atoms with E-state index in [2.05, 4.69) is 104 Å². The number of unbranched alkanes of at least 4 members (excludes halogenated alkanes) is 36. The zero-order chi connectivity index (χ0) is 68.0. The van der Waals surface area contributed by atoms with Crippen molar-refractivity contribution in [3.05, 3.63) is 97.2 Å². The van der Waals surface area contributed by atoms with E-state index in [1.54, 1.807) is 6.08 Å². The minimum absolute atomic E-state index is 0.254. The van der Waals surface area contributed by atoms with Crippen LogP contribution in [0, 0.1) is 0 Å². The SMILES string of the molecule is CC/C=C\C/C=C\C/C=C\C/C=C\C/C=C\C/C=C\CCCCCCCCCCCCC(=O)NC(COC1OC(CO)C(OC2OC(CO)C(O)C(O)C2O)C(O)C1O)C(O)/C=C/CC/C=C/CCCCCCCCCCCCCCCCCCCCCCCCCCC. The Labute approximate surface area is 573 Å². The average molecular weight is 1330 g/mol. The van der Waals surface area contributed by atoms with Crippen LogP contribution in [0.5, 0.6) is 0 Å². The molecule has 12 atom stereocenters. The highest BCUT2D eigenvalue weighted by atomic mass is 16.7. The van der Waals surface area contributed by atoms with Crippen molar-refractivity contribution >= 4 is 5.91 Å². The summed E-state index contributed by atoms with van der Waals surface area (Å²) in [5, 5.41) is 87.6. The highest BCUT2D eigenvalue weighted by Gasteiger charge is 2.51. The van der Waals surface area contributed by atoms with E-state index in [0.29, 0.717) is 12.8 Å². The number of hydrogen-bond donors (Lipinski definition) is 9. The summed E-state index contributed by atoms with van der Waals surface area (Å²) in [4.78, 5) is 13.4. The van der Waals surface area contributed by atoms with Crippen molar-refractivity contribution in [2.45, 2.75) is 383 Å². The summed E-state index contributed by atoms with van der Waals surface area (Å²) < 4.78 is 22.9. The highest BCUT2D eigenvalue weighted by molar-refractivity contribution is 5.76. The molecule has 0 aromatic carbocycles. The number of carbonyl (C=O) groups is 1. The van der Waals surface area contributed by atoms with Crippen molar-refractivity contribution in [3.8, 4) is 0 Å². The number of ether oxygens (including phenoxy) is 4. The molecular weight excluding hydrogens is 1180 g/mol. The summed E-state index contributed by atoms with van der Waals surface area (Å²) in [6.45, 7) is 2.70. The Morgan fingerprint density at radius 3 is 1.17 bits per heavy atom. The predicted molar refractivity (Wildman–Crippen MR) is 387 cm³/mol. The van der Waals surface area contributed by atoms with E-state index in [0.717, 1.165) is 77.0 Å². The molecule has 2 saturated heterocycles. The molecule has 1 amide bonds. The summed E-state index contributed by atoms with van der Waals surface area (Å²) in [5.41, 5.74) is 0. The third kappa shape index (κ3) is 46.2. The van der Waals surface area contributed by atoms with Crippen LogP contribution in [-0.4, -0.2) is 140 Å². The molecule has 2 aliphatic rings. The molecule has 0 aliphatic carbocycles.